The number of nitrogens with one attached hydrogen (secondary N) is 1. The zero-order valence-corrected chi connectivity index (χ0v) is 46.7. The number of aliphatic hydroxyl groups excluding tert-OH is 1. The third-order valence-electron chi connectivity index (χ3n) is 13.3. The maximum absolute atomic E-state index is 12.9. The molecule has 2 N–H and O–H groups in total. The molecule has 0 aliphatic carbocycles. The van der Waals surface area contributed by atoms with E-state index in [1.165, 1.54) is 225 Å². The van der Waals surface area contributed by atoms with Crippen molar-refractivity contribution in [2.75, 3.05) is 40.9 Å². The third kappa shape index (κ3) is 52.5. The molecular formula is C59H115N2O6P. The Bertz CT molecular complexity index is 1200. The van der Waals surface area contributed by atoms with Crippen molar-refractivity contribution >= 4 is 13.7 Å². The van der Waals surface area contributed by atoms with Crippen LogP contribution in [0.2, 0.25) is 0 Å². The van der Waals surface area contributed by atoms with Crippen LogP contribution in [-0.4, -0.2) is 68.5 Å². The molecule has 0 fully saturated rings. The van der Waals surface area contributed by atoms with Gasteiger partial charge in [0, 0.05) is 6.42 Å². The first-order valence-corrected chi connectivity index (χ1v) is 30.8. The van der Waals surface area contributed by atoms with Gasteiger partial charge in [0.15, 0.2) is 0 Å². The lowest BCUT2D eigenvalue weighted by molar-refractivity contribution is -0.870. The van der Waals surface area contributed by atoms with Crippen LogP contribution in [0, 0.1) is 0 Å². The second kappa shape index (κ2) is 50.7. The lowest BCUT2D eigenvalue weighted by atomic mass is 10.0. The highest BCUT2D eigenvalue weighted by Crippen LogP contribution is 2.38. The van der Waals surface area contributed by atoms with E-state index in [0.29, 0.717) is 17.4 Å². The molecule has 1 amide bonds. The number of unbranched alkanes of at least 4 members (excludes halogenated alkanes) is 37. The van der Waals surface area contributed by atoms with E-state index in [9.17, 15) is 19.4 Å². The summed E-state index contributed by atoms with van der Waals surface area (Å²) in [4.78, 5) is 25.5. The van der Waals surface area contributed by atoms with Gasteiger partial charge >= 0.3 is 0 Å². The SMILES string of the molecule is CCCCCCCC/C=C\CCCCCCCCCC(=O)NC(COP(=O)([O-])OCC[N+](C)(C)C)C(O)/C=C/CC/C=C/CCCCCCCCCCCCCCCCCCCCCCCCC. The first kappa shape index (κ1) is 66.7. The number of quaternary nitrogens is 1. The largest absolute Gasteiger partial charge is 0.756 e. The molecule has 0 aromatic rings. The van der Waals surface area contributed by atoms with Gasteiger partial charge in [-0.1, -0.05) is 256 Å². The number of rotatable bonds is 54. The second-order valence-corrected chi connectivity index (χ2v) is 22.8. The highest BCUT2D eigenvalue weighted by molar-refractivity contribution is 7.45. The van der Waals surface area contributed by atoms with Crippen LogP contribution in [0.1, 0.15) is 284 Å². The molecule has 0 rings (SSSR count). The molecule has 0 aromatic heterocycles. The Labute approximate surface area is 423 Å². The number of likely N-dealkylation sites (N-methyl/N-ethyl adjacent to an activating group) is 1. The Morgan fingerprint density at radius 2 is 0.824 bits per heavy atom. The molecule has 0 saturated heterocycles. The number of carbonyl (C=O) groups is 1. The number of hydrogen-bond acceptors (Lipinski definition) is 6. The van der Waals surface area contributed by atoms with Gasteiger partial charge in [0.25, 0.3) is 7.82 Å². The van der Waals surface area contributed by atoms with E-state index in [4.69, 9.17) is 9.05 Å². The Hall–Kier alpha value is -1.28. The fourth-order valence-electron chi connectivity index (χ4n) is 8.70. The predicted molar refractivity (Wildman–Crippen MR) is 293 cm³/mol. The van der Waals surface area contributed by atoms with E-state index in [-0.39, 0.29) is 12.5 Å². The van der Waals surface area contributed by atoms with Crippen molar-refractivity contribution in [3.05, 3.63) is 36.5 Å². The van der Waals surface area contributed by atoms with E-state index in [1.54, 1.807) is 6.08 Å². The fourth-order valence-corrected chi connectivity index (χ4v) is 9.42. The summed E-state index contributed by atoms with van der Waals surface area (Å²) in [6, 6.07) is -0.905. The molecule has 0 aliphatic rings. The van der Waals surface area contributed by atoms with Gasteiger partial charge in [-0.15, -0.1) is 0 Å². The molecule has 3 atom stereocenters. The van der Waals surface area contributed by atoms with Gasteiger partial charge in [-0.2, -0.15) is 0 Å². The summed E-state index contributed by atoms with van der Waals surface area (Å²) < 4.78 is 23.3. The minimum Gasteiger partial charge on any atom is -0.756 e. The van der Waals surface area contributed by atoms with Crippen molar-refractivity contribution < 1.29 is 32.9 Å². The van der Waals surface area contributed by atoms with Crippen molar-refractivity contribution in [3.63, 3.8) is 0 Å². The number of aliphatic hydroxyl groups is 1. The minimum atomic E-state index is -4.60. The maximum atomic E-state index is 12.9. The molecule has 3 unspecified atom stereocenters. The summed E-state index contributed by atoms with van der Waals surface area (Å²) in [5.41, 5.74) is 0. The fraction of sp³-hybridized carbons (Fsp3) is 0.881. The van der Waals surface area contributed by atoms with Crippen LogP contribution in [0.3, 0.4) is 0 Å². The van der Waals surface area contributed by atoms with E-state index < -0.39 is 26.6 Å². The van der Waals surface area contributed by atoms with Crippen molar-refractivity contribution in [2.24, 2.45) is 0 Å². The van der Waals surface area contributed by atoms with Gasteiger partial charge in [0.05, 0.1) is 39.9 Å². The molecule has 0 saturated carbocycles. The van der Waals surface area contributed by atoms with Crippen molar-refractivity contribution in [3.8, 4) is 0 Å². The first-order valence-electron chi connectivity index (χ1n) is 29.4. The van der Waals surface area contributed by atoms with Crippen LogP contribution in [0.15, 0.2) is 36.5 Å². The van der Waals surface area contributed by atoms with E-state index in [0.717, 1.165) is 38.5 Å². The Morgan fingerprint density at radius 3 is 1.19 bits per heavy atom. The number of nitrogens with zero attached hydrogens (tertiary/aromatic N) is 1. The Kier molecular flexibility index (Phi) is 49.7. The molecular weight excluding hydrogens is 864 g/mol. The molecule has 68 heavy (non-hydrogen) atoms. The summed E-state index contributed by atoms with van der Waals surface area (Å²) in [6.07, 6.45) is 65.2. The van der Waals surface area contributed by atoms with Crippen molar-refractivity contribution in [2.45, 2.75) is 296 Å². The minimum absolute atomic E-state index is 0.00666. The number of phosphoric ester groups is 1. The van der Waals surface area contributed by atoms with Gasteiger partial charge in [-0.3, -0.25) is 9.36 Å². The Morgan fingerprint density at radius 1 is 0.500 bits per heavy atom. The molecule has 9 heteroatoms. The molecule has 0 spiro atoms. The summed E-state index contributed by atoms with van der Waals surface area (Å²) in [5, 5.41) is 13.9. The molecule has 0 aliphatic heterocycles. The smallest absolute Gasteiger partial charge is 0.268 e. The average molecular weight is 980 g/mol. The summed E-state index contributed by atoms with van der Waals surface area (Å²) in [6.45, 7) is 4.65. The summed E-state index contributed by atoms with van der Waals surface area (Å²) in [5.74, 6) is -0.209. The van der Waals surface area contributed by atoms with Crippen molar-refractivity contribution in [1.82, 2.24) is 5.32 Å². The van der Waals surface area contributed by atoms with Crippen LogP contribution in [-0.2, 0) is 18.4 Å². The average Bonchev–Trinajstić information content (AvgIpc) is 3.30. The number of hydrogen-bond donors (Lipinski definition) is 2. The van der Waals surface area contributed by atoms with Crippen LogP contribution in [0.25, 0.3) is 0 Å². The number of phosphoric acid groups is 1. The van der Waals surface area contributed by atoms with Gasteiger partial charge < -0.3 is 28.8 Å². The normalized spacial score (nSPS) is 14.2. The topological polar surface area (TPSA) is 108 Å². The lowest BCUT2D eigenvalue weighted by Crippen LogP contribution is -2.45. The third-order valence-corrected chi connectivity index (χ3v) is 14.3. The van der Waals surface area contributed by atoms with Gasteiger partial charge in [0.2, 0.25) is 5.91 Å². The number of allylic oxidation sites excluding steroid dienone is 5. The van der Waals surface area contributed by atoms with E-state index in [2.05, 4.69) is 43.5 Å². The summed E-state index contributed by atoms with van der Waals surface area (Å²) >= 11 is 0. The van der Waals surface area contributed by atoms with Crippen LogP contribution in [0.5, 0.6) is 0 Å². The van der Waals surface area contributed by atoms with E-state index in [1.807, 2.05) is 27.2 Å². The van der Waals surface area contributed by atoms with E-state index >= 15 is 0 Å². The molecule has 0 bridgehead atoms. The molecule has 0 radical (unpaired) electrons. The molecule has 0 heterocycles. The Balaban J connectivity index is 4.19. The quantitative estimate of drug-likeness (QED) is 0.0272. The highest BCUT2D eigenvalue weighted by atomic mass is 31.2. The number of carbonyl (C=O) groups excluding carboxylic acids is 1. The monoisotopic (exact) mass is 979 g/mol. The van der Waals surface area contributed by atoms with Gasteiger partial charge in [-0.25, -0.2) is 0 Å². The molecule has 402 valence electrons. The van der Waals surface area contributed by atoms with Gasteiger partial charge in [-0.05, 0) is 57.8 Å². The molecule has 8 nitrogen and oxygen atoms in total. The van der Waals surface area contributed by atoms with Crippen LogP contribution in [0.4, 0.5) is 0 Å². The predicted octanol–water partition coefficient (Wildman–Crippen LogP) is 17.1. The summed E-state index contributed by atoms with van der Waals surface area (Å²) in [7, 11) is 1.25. The van der Waals surface area contributed by atoms with Crippen LogP contribution >= 0.6 is 7.82 Å². The zero-order valence-electron chi connectivity index (χ0n) is 45.8. The lowest BCUT2D eigenvalue weighted by Gasteiger charge is -2.29. The zero-order chi connectivity index (χ0) is 49.9. The molecule has 0 aromatic carbocycles. The standard InChI is InChI=1S/C59H115N2O6P/c1-6-8-10-12-14-16-18-20-22-24-25-26-27-28-29-30-31-32-33-34-35-37-38-40-42-44-46-48-50-52-58(62)57(56-67-68(64,65)66-55-54-61(3,4)5)60-59(63)53-51-49-47-45-43-41-39-36-23-21-19-17-15-13-11-9-7-2/h21,23,42,44,50,52,57-58,62H,6-20,22,24-41,43,45-49,51,53-56H2,1-5H3,(H-,60,63,64,65)/b23-21-,44-42+,52-50+. The van der Waals surface area contributed by atoms with Crippen molar-refractivity contribution in [1.29, 1.82) is 0 Å². The van der Waals surface area contributed by atoms with Gasteiger partial charge in [0.1, 0.15) is 13.2 Å². The first-order chi connectivity index (χ1) is 33.0. The highest BCUT2D eigenvalue weighted by Gasteiger charge is 2.23. The van der Waals surface area contributed by atoms with Crippen LogP contribution < -0.4 is 10.2 Å². The maximum Gasteiger partial charge on any atom is 0.268 e. The second-order valence-electron chi connectivity index (χ2n) is 21.3. The number of amides is 1.